The molecule has 3 amide bonds. The maximum Gasteiger partial charge on any atom is 0.448 e. The summed E-state index contributed by atoms with van der Waals surface area (Å²) < 4.78 is 19.6. The molecule has 10 nitrogen and oxygen atoms in total. The van der Waals surface area contributed by atoms with Crippen LogP contribution >= 0.6 is 68.8 Å². The van der Waals surface area contributed by atoms with Crippen LogP contribution in [0.5, 0.6) is 0 Å². The van der Waals surface area contributed by atoms with Gasteiger partial charge in [0.05, 0.1) is 18.7 Å². The van der Waals surface area contributed by atoms with E-state index in [1.165, 1.54) is 18.8 Å². The number of carbonyl (C=O) groups excluding carboxylic acids is 3. The second-order valence-corrected chi connectivity index (χ2v) is 15.1. The molecule has 0 aliphatic carbocycles. The largest absolute Gasteiger partial charge is 0.448 e. The Hall–Kier alpha value is -0.550. The van der Waals surface area contributed by atoms with E-state index in [0.29, 0.717) is 15.8 Å². The minimum Gasteiger partial charge on any atom is -0.448 e. The summed E-state index contributed by atoms with van der Waals surface area (Å²) in [6, 6.07) is 0. The second-order valence-electron chi connectivity index (χ2n) is 5.71. The fourth-order valence-electron chi connectivity index (χ4n) is 2.27. The van der Waals surface area contributed by atoms with E-state index in [9.17, 15) is 14.4 Å². The topological polar surface area (TPSA) is 91.9 Å². The normalized spacial score (nSPS) is 15.3. The Bertz CT molecular complexity index is 667. The van der Waals surface area contributed by atoms with E-state index in [2.05, 4.69) is 0 Å². The van der Waals surface area contributed by atoms with Crippen molar-refractivity contribution in [3.05, 3.63) is 0 Å². The molecule has 1 fully saturated rings. The van der Waals surface area contributed by atoms with Crippen LogP contribution < -0.4 is 0 Å². The summed E-state index contributed by atoms with van der Waals surface area (Å²) in [6.45, 7) is 13.4. The molecule has 0 radical (unpaired) electrons. The first kappa shape index (κ1) is 29.5. The zero-order valence-electron chi connectivity index (χ0n) is 18.9. The SMILES string of the molecule is CCOC(=O)N(SN1SN(CC)C(=O)OSOC1=O)S(CC)(CC)SC(=S)N(CC)CC. The van der Waals surface area contributed by atoms with Crippen LogP contribution in [0.4, 0.5) is 14.4 Å². The minimum absolute atomic E-state index is 0.171. The highest BCUT2D eigenvalue weighted by atomic mass is 33.2. The zero-order valence-corrected chi connectivity index (χ0v) is 23.8. The van der Waals surface area contributed by atoms with Gasteiger partial charge in [-0.2, -0.15) is 7.42 Å². The van der Waals surface area contributed by atoms with Gasteiger partial charge in [-0.15, -0.1) is 0 Å². The molecule has 0 aromatic rings. The number of hydrogen-bond donors (Lipinski definition) is 0. The third-order valence-corrected chi connectivity index (χ3v) is 15.1. The summed E-state index contributed by atoms with van der Waals surface area (Å²) in [5.74, 6) is 1.23. The van der Waals surface area contributed by atoms with Crippen molar-refractivity contribution in [2.75, 3.05) is 37.7 Å². The summed E-state index contributed by atoms with van der Waals surface area (Å²) in [7, 11) is -0.465. The molecule has 1 aliphatic heterocycles. The highest BCUT2D eigenvalue weighted by Gasteiger charge is 2.41. The van der Waals surface area contributed by atoms with Crippen molar-refractivity contribution in [2.45, 2.75) is 41.5 Å². The van der Waals surface area contributed by atoms with Crippen molar-refractivity contribution >= 4 is 91.4 Å². The fraction of sp³-hybridized carbons (Fsp3) is 0.750. The van der Waals surface area contributed by atoms with E-state index in [-0.39, 0.29) is 25.5 Å². The smallest absolute Gasteiger partial charge is 0.448 e. The van der Waals surface area contributed by atoms with Gasteiger partial charge in [-0.05, 0) is 38.5 Å². The van der Waals surface area contributed by atoms with Gasteiger partial charge in [0.1, 0.15) is 16.5 Å². The Labute approximate surface area is 213 Å². The Morgan fingerprint density at radius 2 is 1.69 bits per heavy atom. The highest BCUT2D eigenvalue weighted by molar-refractivity contribution is 8.99. The van der Waals surface area contributed by atoms with Gasteiger partial charge in [0, 0.05) is 31.1 Å². The van der Waals surface area contributed by atoms with Crippen LogP contribution in [0.2, 0.25) is 0 Å². The van der Waals surface area contributed by atoms with Gasteiger partial charge in [0.2, 0.25) is 0 Å². The van der Waals surface area contributed by atoms with Crippen LogP contribution in [0.3, 0.4) is 0 Å². The number of hydrogen-bond acceptors (Lipinski definition) is 11. The zero-order chi connectivity index (χ0) is 24.3. The van der Waals surface area contributed by atoms with Crippen LogP contribution in [0.1, 0.15) is 41.5 Å². The van der Waals surface area contributed by atoms with Gasteiger partial charge in [-0.3, -0.25) is 0 Å². The summed E-state index contributed by atoms with van der Waals surface area (Å²) in [6.07, 6.45) is -2.05. The summed E-state index contributed by atoms with van der Waals surface area (Å²) >= 11 is 7.61. The molecule has 1 saturated heterocycles. The number of carbonyl (C=O) groups is 3. The molecule has 0 atom stereocenters. The van der Waals surface area contributed by atoms with E-state index in [1.54, 1.807) is 13.8 Å². The molecule has 0 spiro atoms. The van der Waals surface area contributed by atoms with E-state index in [4.69, 9.17) is 25.3 Å². The number of ether oxygens (including phenoxy) is 1. The minimum atomic E-state index is -1.93. The first-order chi connectivity index (χ1) is 15.2. The predicted octanol–water partition coefficient (Wildman–Crippen LogP) is 6.08. The molecule has 0 unspecified atom stereocenters. The van der Waals surface area contributed by atoms with Crippen LogP contribution in [0.25, 0.3) is 0 Å². The molecule has 1 heterocycles. The lowest BCUT2D eigenvalue weighted by molar-refractivity contribution is 0.147. The highest BCUT2D eigenvalue weighted by Crippen LogP contribution is 2.66. The molecule has 0 bridgehead atoms. The lowest BCUT2D eigenvalue weighted by atomic mass is 10.6. The average molecular weight is 567 g/mol. The summed E-state index contributed by atoms with van der Waals surface area (Å²) in [5.41, 5.74) is 0. The van der Waals surface area contributed by atoms with Crippen molar-refractivity contribution in [2.24, 2.45) is 0 Å². The fourth-order valence-corrected chi connectivity index (χ4v) is 11.8. The van der Waals surface area contributed by atoms with Crippen molar-refractivity contribution in [1.29, 1.82) is 0 Å². The number of rotatable bonds is 10. The standard InChI is InChI=1S/C16H30N4O6S6/c1-7-17(8-2)16(27)28-32(11-5,12-6)20(15(23)24-10-4)30-19-14(22)26-31-25-13(21)18(9-3)29-19/h7-12H2,1-6H3. The van der Waals surface area contributed by atoms with E-state index >= 15 is 0 Å². The molecule has 1 rings (SSSR count). The van der Waals surface area contributed by atoms with Gasteiger partial charge in [0.25, 0.3) is 0 Å². The van der Waals surface area contributed by atoms with Crippen LogP contribution in [-0.2, 0) is 13.1 Å². The quantitative estimate of drug-likeness (QED) is 0.133. The third kappa shape index (κ3) is 7.75. The Balaban J connectivity index is 3.32. The number of nitrogens with zero attached hydrogens (tertiary/aromatic N) is 4. The maximum absolute atomic E-state index is 13.1. The maximum atomic E-state index is 13.1. The molecule has 0 saturated carbocycles. The van der Waals surface area contributed by atoms with Crippen LogP contribution in [0.15, 0.2) is 0 Å². The molecule has 0 N–H and O–H groups in total. The van der Waals surface area contributed by atoms with Gasteiger partial charge in [-0.1, -0.05) is 35.3 Å². The van der Waals surface area contributed by atoms with Gasteiger partial charge in [-0.25, -0.2) is 18.7 Å². The van der Waals surface area contributed by atoms with Crippen molar-refractivity contribution in [3.8, 4) is 0 Å². The molecule has 32 heavy (non-hydrogen) atoms. The predicted molar refractivity (Wildman–Crippen MR) is 141 cm³/mol. The number of thiocarbonyl (C=S) groups is 1. The first-order valence-electron chi connectivity index (χ1n) is 10.00. The third-order valence-electron chi connectivity index (χ3n) is 4.04. The van der Waals surface area contributed by atoms with Gasteiger partial charge < -0.3 is 18.0 Å². The lowest BCUT2D eigenvalue weighted by Crippen LogP contribution is -2.38. The molecule has 1 aliphatic rings. The van der Waals surface area contributed by atoms with Crippen LogP contribution in [-0.4, -0.2) is 77.0 Å². The Morgan fingerprint density at radius 1 is 1.09 bits per heavy atom. The van der Waals surface area contributed by atoms with Crippen molar-refractivity contribution in [3.63, 3.8) is 0 Å². The molecular formula is C16H30N4O6S6. The van der Waals surface area contributed by atoms with Crippen LogP contribution in [0, 0.1) is 0 Å². The van der Waals surface area contributed by atoms with Gasteiger partial charge in [0.15, 0.2) is 0 Å². The Kier molecular flexibility index (Phi) is 13.5. The lowest BCUT2D eigenvalue weighted by Gasteiger charge is -2.46. The van der Waals surface area contributed by atoms with Gasteiger partial charge >= 0.3 is 30.6 Å². The van der Waals surface area contributed by atoms with E-state index in [0.717, 1.165) is 41.1 Å². The monoisotopic (exact) mass is 566 g/mol. The van der Waals surface area contributed by atoms with Crippen molar-refractivity contribution in [1.82, 2.24) is 16.6 Å². The Morgan fingerprint density at radius 3 is 2.19 bits per heavy atom. The molecule has 0 aromatic carbocycles. The van der Waals surface area contributed by atoms with Crippen molar-refractivity contribution < 1.29 is 27.5 Å². The average Bonchev–Trinajstić information content (AvgIpc) is 2.77. The first-order valence-corrected chi connectivity index (χ1v) is 15.8. The summed E-state index contributed by atoms with van der Waals surface area (Å²) in [5, 5.41) is 0. The molecule has 186 valence electrons. The summed E-state index contributed by atoms with van der Waals surface area (Å²) in [4.78, 5) is 39.8. The molecule has 0 aromatic heterocycles. The second kappa shape index (κ2) is 14.7. The number of amides is 3. The molecular weight excluding hydrogens is 537 g/mol. The van der Waals surface area contributed by atoms with E-state index in [1.807, 2.05) is 32.6 Å². The molecule has 16 heteroatoms. The van der Waals surface area contributed by atoms with E-state index < -0.39 is 27.5 Å².